The van der Waals surface area contributed by atoms with Crippen molar-refractivity contribution in [1.82, 2.24) is 4.98 Å². The van der Waals surface area contributed by atoms with Crippen molar-refractivity contribution in [2.24, 2.45) is 0 Å². The molecule has 5 heteroatoms. The third kappa shape index (κ3) is 2.55. The van der Waals surface area contributed by atoms with Gasteiger partial charge in [-0.2, -0.15) is 0 Å². The highest BCUT2D eigenvalue weighted by Crippen LogP contribution is 2.17. The normalized spacial score (nSPS) is 10.6. The third-order valence-electron chi connectivity index (χ3n) is 2.38. The Morgan fingerprint density at radius 1 is 1.35 bits per heavy atom. The molecule has 0 aliphatic carbocycles. The van der Waals surface area contributed by atoms with Crippen molar-refractivity contribution in [3.63, 3.8) is 0 Å². The second-order valence-corrected chi connectivity index (χ2v) is 3.70. The predicted molar refractivity (Wildman–Crippen MR) is 63.5 cm³/mol. The fourth-order valence-corrected chi connectivity index (χ4v) is 1.48. The highest BCUT2D eigenvalue weighted by molar-refractivity contribution is 5.76. The van der Waals surface area contributed by atoms with Crippen molar-refractivity contribution in [3.05, 3.63) is 39.1 Å². The molecule has 0 aliphatic rings. The Balaban J connectivity index is 2.37. The van der Waals surface area contributed by atoms with Crippen LogP contribution < -0.4 is 16.1 Å². The number of unbranched alkanes of at least 4 members (excludes halogenated alkanes) is 1. The minimum atomic E-state index is -0.756. The fourth-order valence-electron chi connectivity index (χ4n) is 1.48. The second-order valence-electron chi connectivity index (χ2n) is 3.70. The lowest BCUT2D eigenvalue weighted by Crippen LogP contribution is -2.17. The van der Waals surface area contributed by atoms with E-state index in [4.69, 9.17) is 9.15 Å². The molecule has 1 heterocycles. The van der Waals surface area contributed by atoms with E-state index >= 15 is 0 Å². The van der Waals surface area contributed by atoms with E-state index in [9.17, 15) is 9.59 Å². The van der Waals surface area contributed by atoms with E-state index in [1.165, 1.54) is 0 Å². The Morgan fingerprint density at radius 3 is 2.94 bits per heavy atom. The second kappa shape index (κ2) is 4.86. The largest absolute Gasteiger partial charge is 0.493 e. The first-order valence-corrected chi connectivity index (χ1v) is 5.50. The van der Waals surface area contributed by atoms with E-state index < -0.39 is 11.3 Å². The summed E-state index contributed by atoms with van der Waals surface area (Å²) in [5, 5.41) is 0.340. The maximum absolute atomic E-state index is 11.4. The Hall–Kier alpha value is -2.04. The van der Waals surface area contributed by atoms with E-state index in [1.807, 2.05) is 0 Å². The maximum Gasteiger partial charge on any atom is 0.419 e. The van der Waals surface area contributed by atoms with Crippen molar-refractivity contribution in [2.45, 2.75) is 19.8 Å². The summed E-state index contributed by atoms with van der Waals surface area (Å²) in [4.78, 5) is 24.5. The Labute approximate surface area is 97.0 Å². The van der Waals surface area contributed by atoms with Crippen LogP contribution in [0.15, 0.2) is 32.2 Å². The van der Waals surface area contributed by atoms with Gasteiger partial charge in [-0.25, -0.2) is 4.79 Å². The van der Waals surface area contributed by atoms with E-state index in [0.29, 0.717) is 17.7 Å². The molecular formula is C12H13NO4. The van der Waals surface area contributed by atoms with Gasteiger partial charge in [-0.15, -0.1) is 0 Å². The van der Waals surface area contributed by atoms with Gasteiger partial charge in [0.05, 0.1) is 12.0 Å². The Bertz CT molecular complexity index is 626. The molecule has 17 heavy (non-hydrogen) atoms. The smallest absolute Gasteiger partial charge is 0.419 e. The van der Waals surface area contributed by atoms with Gasteiger partial charge < -0.3 is 9.15 Å². The average Bonchev–Trinajstić information content (AvgIpc) is 2.28. The summed E-state index contributed by atoms with van der Waals surface area (Å²) in [5.74, 6) is -0.159. The Kier molecular flexibility index (Phi) is 3.27. The van der Waals surface area contributed by atoms with Crippen LogP contribution in [0.2, 0.25) is 0 Å². The average molecular weight is 235 g/mol. The first-order valence-electron chi connectivity index (χ1n) is 5.50. The van der Waals surface area contributed by atoms with Crippen molar-refractivity contribution in [2.75, 3.05) is 6.61 Å². The highest BCUT2D eigenvalue weighted by Gasteiger charge is 2.04. The standard InChI is InChI=1S/C12H13NO4/c1-2-3-6-16-8-4-5-9-10(7-8)17-12(15)13-11(9)14/h4-5,7H,2-3,6H2,1H3,(H,13,14,15). The van der Waals surface area contributed by atoms with Crippen molar-refractivity contribution in [3.8, 4) is 5.75 Å². The molecule has 0 aliphatic heterocycles. The van der Waals surface area contributed by atoms with Gasteiger partial charge in [0, 0.05) is 6.07 Å². The van der Waals surface area contributed by atoms with Gasteiger partial charge in [-0.1, -0.05) is 13.3 Å². The van der Waals surface area contributed by atoms with E-state index in [-0.39, 0.29) is 5.58 Å². The number of nitrogens with one attached hydrogen (secondary N) is 1. The predicted octanol–water partition coefficient (Wildman–Crippen LogP) is 1.66. The summed E-state index contributed by atoms with van der Waals surface area (Å²) in [6.07, 6.45) is 2.00. The highest BCUT2D eigenvalue weighted by atomic mass is 16.5. The molecule has 0 fully saturated rings. The molecule has 0 saturated heterocycles. The first-order chi connectivity index (χ1) is 8.20. The molecule has 90 valence electrons. The summed E-state index contributed by atoms with van der Waals surface area (Å²) in [5.41, 5.74) is -0.205. The van der Waals surface area contributed by atoms with Crippen molar-refractivity contribution >= 4 is 11.0 Å². The van der Waals surface area contributed by atoms with Gasteiger partial charge in [0.25, 0.3) is 5.56 Å². The molecule has 0 atom stereocenters. The molecule has 0 saturated carbocycles. The summed E-state index contributed by atoms with van der Waals surface area (Å²) < 4.78 is 10.4. The van der Waals surface area contributed by atoms with Crippen molar-refractivity contribution in [1.29, 1.82) is 0 Å². The Morgan fingerprint density at radius 2 is 2.18 bits per heavy atom. The van der Waals surface area contributed by atoms with Crippen LogP contribution in [0.25, 0.3) is 11.0 Å². The zero-order valence-corrected chi connectivity index (χ0v) is 9.49. The number of aromatic nitrogens is 1. The SMILES string of the molecule is CCCCOc1ccc2c(=O)[nH]c(=O)oc2c1. The summed E-state index contributed by atoms with van der Waals surface area (Å²) >= 11 is 0. The maximum atomic E-state index is 11.4. The molecule has 1 N–H and O–H groups in total. The van der Waals surface area contributed by atoms with Gasteiger partial charge >= 0.3 is 5.76 Å². The van der Waals surface area contributed by atoms with Gasteiger partial charge in [0.1, 0.15) is 11.3 Å². The zero-order chi connectivity index (χ0) is 12.3. The summed E-state index contributed by atoms with van der Waals surface area (Å²) in [6.45, 7) is 2.68. The number of H-pyrrole nitrogens is 1. The van der Waals surface area contributed by atoms with E-state index in [0.717, 1.165) is 12.8 Å². The number of ether oxygens (including phenoxy) is 1. The minimum absolute atomic E-state index is 0.243. The molecule has 2 aromatic rings. The quantitative estimate of drug-likeness (QED) is 0.818. The number of fused-ring (bicyclic) bond motifs is 1. The number of hydrogen-bond acceptors (Lipinski definition) is 4. The van der Waals surface area contributed by atoms with Crippen LogP contribution in [0, 0.1) is 0 Å². The van der Waals surface area contributed by atoms with Crippen LogP contribution in [0.3, 0.4) is 0 Å². The first kappa shape index (κ1) is 11.4. The number of hydrogen-bond donors (Lipinski definition) is 1. The molecule has 0 radical (unpaired) electrons. The molecule has 2 rings (SSSR count). The number of rotatable bonds is 4. The molecule has 1 aromatic carbocycles. The number of aromatic amines is 1. The third-order valence-corrected chi connectivity index (χ3v) is 2.38. The van der Waals surface area contributed by atoms with Crippen LogP contribution in [0.4, 0.5) is 0 Å². The minimum Gasteiger partial charge on any atom is -0.493 e. The lowest BCUT2D eigenvalue weighted by molar-refractivity contribution is 0.309. The number of benzene rings is 1. The van der Waals surface area contributed by atoms with Gasteiger partial charge in [0.2, 0.25) is 0 Å². The lowest BCUT2D eigenvalue weighted by atomic mass is 10.2. The molecule has 0 spiro atoms. The van der Waals surface area contributed by atoms with Crippen LogP contribution in [0.1, 0.15) is 19.8 Å². The van der Waals surface area contributed by atoms with Crippen LogP contribution >= 0.6 is 0 Å². The topological polar surface area (TPSA) is 72.3 Å². The van der Waals surface area contributed by atoms with E-state index in [2.05, 4.69) is 11.9 Å². The zero-order valence-electron chi connectivity index (χ0n) is 9.49. The van der Waals surface area contributed by atoms with Crippen LogP contribution in [-0.2, 0) is 0 Å². The summed E-state index contributed by atoms with van der Waals surface area (Å²) in [6, 6.07) is 4.83. The monoisotopic (exact) mass is 235 g/mol. The molecular weight excluding hydrogens is 222 g/mol. The van der Waals surface area contributed by atoms with Crippen LogP contribution in [-0.4, -0.2) is 11.6 Å². The molecule has 0 amide bonds. The molecule has 0 unspecified atom stereocenters. The van der Waals surface area contributed by atoms with E-state index in [1.54, 1.807) is 18.2 Å². The fraction of sp³-hybridized carbons (Fsp3) is 0.333. The van der Waals surface area contributed by atoms with Crippen molar-refractivity contribution < 1.29 is 9.15 Å². The molecule has 5 nitrogen and oxygen atoms in total. The van der Waals surface area contributed by atoms with Gasteiger partial charge in [-0.3, -0.25) is 9.78 Å². The van der Waals surface area contributed by atoms with Gasteiger partial charge in [0.15, 0.2) is 0 Å². The lowest BCUT2D eigenvalue weighted by Gasteiger charge is -2.05. The molecule has 1 aromatic heterocycles. The molecule has 0 bridgehead atoms. The summed E-state index contributed by atoms with van der Waals surface area (Å²) in [7, 11) is 0. The van der Waals surface area contributed by atoms with Crippen LogP contribution in [0.5, 0.6) is 5.75 Å². The van der Waals surface area contributed by atoms with Gasteiger partial charge in [-0.05, 0) is 18.6 Å².